The SMILES string of the molecule is CC(C)(C)OC(=O)NNc1ccccc1CCO. The predicted octanol–water partition coefficient (Wildman–Crippen LogP) is 2.07. The van der Waals surface area contributed by atoms with Gasteiger partial charge in [-0.1, -0.05) is 18.2 Å². The van der Waals surface area contributed by atoms with Crippen molar-refractivity contribution in [3.63, 3.8) is 0 Å². The first-order valence-corrected chi connectivity index (χ1v) is 5.86. The summed E-state index contributed by atoms with van der Waals surface area (Å²) in [6.45, 7) is 5.45. The molecule has 1 aromatic rings. The molecule has 5 heteroatoms. The fourth-order valence-corrected chi connectivity index (χ4v) is 1.40. The maximum absolute atomic E-state index is 11.5. The van der Waals surface area contributed by atoms with Crippen LogP contribution in [0.2, 0.25) is 0 Å². The number of ether oxygens (including phenoxy) is 1. The summed E-state index contributed by atoms with van der Waals surface area (Å²) >= 11 is 0. The lowest BCUT2D eigenvalue weighted by atomic mass is 10.1. The molecule has 0 aromatic heterocycles. The maximum atomic E-state index is 11.5. The first-order valence-electron chi connectivity index (χ1n) is 5.86. The van der Waals surface area contributed by atoms with Crippen LogP contribution in [0.25, 0.3) is 0 Å². The van der Waals surface area contributed by atoms with Crippen LogP contribution < -0.4 is 10.9 Å². The van der Waals surface area contributed by atoms with Gasteiger partial charge in [0.25, 0.3) is 0 Å². The fourth-order valence-electron chi connectivity index (χ4n) is 1.40. The summed E-state index contributed by atoms with van der Waals surface area (Å²) in [7, 11) is 0. The summed E-state index contributed by atoms with van der Waals surface area (Å²) in [5.74, 6) is 0. The Bertz CT molecular complexity index is 399. The van der Waals surface area contributed by atoms with E-state index in [0.29, 0.717) is 6.42 Å². The van der Waals surface area contributed by atoms with E-state index >= 15 is 0 Å². The molecule has 0 spiro atoms. The molecular weight excluding hydrogens is 232 g/mol. The van der Waals surface area contributed by atoms with Gasteiger partial charge in [0.1, 0.15) is 5.60 Å². The third-order valence-corrected chi connectivity index (χ3v) is 2.10. The van der Waals surface area contributed by atoms with Gasteiger partial charge in [0.2, 0.25) is 0 Å². The van der Waals surface area contributed by atoms with Crippen LogP contribution in [-0.4, -0.2) is 23.4 Å². The number of nitrogens with one attached hydrogen (secondary N) is 2. The molecule has 5 nitrogen and oxygen atoms in total. The Morgan fingerprint density at radius 2 is 2.00 bits per heavy atom. The zero-order valence-corrected chi connectivity index (χ0v) is 11.0. The van der Waals surface area contributed by atoms with Crippen molar-refractivity contribution in [3.05, 3.63) is 29.8 Å². The third kappa shape index (κ3) is 5.05. The highest BCUT2D eigenvalue weighted by Crippen LogP contribution is 2.14. The molecule has 0 aliphatic carbocycles. The number of amides is 1. The Morgan fingerprint density at radius 1 is 1.33 bits per heavy atom. The second kappa shape index (κ2) is 6.26. The number of carbonyl (C=O) groups excluding carboxylic acids is 1. The standard InChI is InChI=1S/C13H20N2O3/c1-13(2,3)18-12(17)15-14-11-7-5-4-6-10(11)8-9-16/h4-7,14,16H,8-9H2,1-3H3,(H,15,17). The molecule has 0 saturated carbocycles. The van der Waals surface area contributed by atoms with Crippen LogP contribution in [0.3, 0.4) is 0 Å². The van der Waals surface area contributed by atoms with Gasteiger partial charge in [0.05, 0.1) is 5.69 Å². The highest BCUT2D eigenvalue weighted by atomic mass is 16.6. The van der Waals surface area contributed by atoms with E-state index < -0.39 is 11.7 Å². The number of benzene rings is 1. The van der Waals surface area contributed by atoms with Crippen LogP contribution in [0.4, 0.5) is 10.5 Å². The minimum absolute atomic E-state index is 0.0606. The monoisotopic (exact) mass is 252 g/mol. The molecule has 100 valence electrons. The van der Waals surface area contributed by atoms with Crippen molar-refractivity contribution >= 4 is 11.8 Å². The molecular formula is C13H20N2O3. The highest BCUT2D eigenvalue weighted by Gasteiger charge is 2.15. The fraction of sp³-hybridized carbons (Fsp3) is 0.462. The summed E-state index contributed by atoms with van der Waals surface area (Å²) < 4.78 is 5.10. The Labute approximate surface area is 107 Å². The Balaban J connectivity index is 2.55. The van der Waals surface area contributed by atoms with E-state index in [1.54, 1.807) is 20.8 Å². The summed E-state index contributed by atoms with van der Waals surface area (Å²) in [6.07, 6.45) is -0.0135. The van der Waals surface area contributed by atoms with Gasteiger partial charge in [-0.2, -0.15) is 0 Å². The summed E-state index contributed by atoms with van der Waals surface area (Å²) in [6, 6.07) is 7.43. The number of aliphatic hydroxyl groups excluding tert-OH is 1. The van der Waals surface area contributed by atoms with Crippen molar-refractivity contribution < 1.29 is 14.6 Å². The van der Waals surface area contributed by atoms with E-state index in [0.717, 1.165) is 11.3 Å². The van der Waals surface area contributed by atoms with E-state index in [1.807, 2.05) is 24.3 Å². The number of hydrogen-bond acceptors (Lipinski definition) is 4. The Kier molecular flexibility index (Phi) is 4.97. The number of anilines is 1. The number of hydrazine groups is 1. The van der Waals surface area contributed by atoms with Gasteiger partial charge in [-0.25, -0.2) is 10.2 Å². The van der Waals surface area contributed by atoms with E-state index in [4.69, 9.17) is 9.84 Å². The average molecular weight is 252 g/mol. The topological polar surface area (TPSA) is 70.6 Å². The molecule has 3 N–H and O–H groups in total. The number of para-hydroxylation sites is 1. The third-order valence-electron chi connectivity index (χ3n) is 2.10. The number of aliphatic hydroxyl groups is 1. The van der Waals surface area contributed by atoms with Crippen molar-refractivity contribution in [1.29, 1.82) is 0 Å². The van der Waals surface area contributed by atoms with E-state index in [-0.39, 0.29) is 6.61 Å². The zero-order valence-electron chi connectivity index (χ0n) is 11.0. The van der Waals surface area contributed by atoms with Gasteiger partial charge < -0.3 is 9.84 Å². The van der Waals surface area contributed by atoms with Crippen molar-refractivity contribution in [2.75, 3.05) is 12.0 Å². The molecule has 0 aliphatic heterocycles. The Hall–Kier alpha value is -1.75. The second-order valence-corrected chi connectivity index (χ2v) is 4.88. The predicted molar refractivity (Wildman–Crippen MR) is 70.2 cm³/mol. The summed E-state index contributed by atoms with van der Waals surface area (Å²) in [4.78, 5) is 11.5. The van der Waals surface area contributed by atoms with Gasteiger partial charge in [-0.05, 0) is 38.8 Å². The Morgan fingerprint density at radius 3 is 2.61 bits per heavy atom. The van der Waals surface area contributed by atoms with Crippen molar-refractivity contribution in [3.8, 4) is 0 Å². The van der Waals surface area contributed by atoms with E-state index in [9.17, 15) is 4.79 Å². The molecule has 0 radical (unpaired) electrons. The highest BCUT2D eigenvalue weighted by molar-refractivity contribution is 5.70. The number of rotatable bonds is 4. The molecule has 0 unspecified atom stereocenters. The molecule has 0 aliphatic rings. The van der Waals surface area contributed by atoms with Gasteiger partial charge in [0, 0.05) is 6.61 Å². The quantitative estimate of drug-likeness (QED) is 0.717. The van der Waals surface area contributed by atoms with Crippen LogP contribution in [0.1, 0.15) is 26.3 Å². The maximum Gasteiger partial charge on any atom is 0.426 e. The lowest BCUT2D eigenvalue weighted by Gasteiger charge is -2.20. The van der Waals surface area contributed by atoms with Crippen molar-refractivity contribution in [2.45, 2.75) is 32.8 Å². The molecule has 0 bridgehead atoms. The van der Waals surface area contributed by atoms with Crippen LogP contribution >= 0.6 is 0 Å². The van der Waals surface area contributed by atoms with E-state index in [1.165, 1.54) is 0 Å². The molecule has 1 aromatic carbocycles. The lowest BCUT2D eigenvalue weighted by Crippen LogP contribution is -2.36. The van der Waals surface area contributed by atoms with Crippen LogP contribution in [0.15, 0.2) is 24.3 Å². The smallest absolute Gasteiger partial charge is 0.426 e. The molecule has 0 fully saturated rings. The molecule has 0 saturated heterocycles. The minimum atomic E-state index is -0.540. The van der Waals surface area contributed by atoms with Gasteiger partial charge in [-0.3, -0.25) is 5.43 Å². The lowest BCUT2D eigenvalue weighted by molar-refractivity contribution is 0.0541. The van der Waals surface area contributed by atoms with Crippen LogP contribution in [-0.2, 0) is 11.2 Å². The summed E-state index contributed by atoms with van der Waals surface area (Å²) in [5.41, 5.74) is 6.39. The van der Waals surface area contributed by atoms with Gasteiger partial charge in [0.15, 0.2) is 0 Å². The van der Waals surface area contributed by atoms with Crippen LogP contribution in [0.5, 0.6) is 0 Å². The zero-order chi connectivity index (χ0) is 13.6. The minimum Gasteiger partial charge on any atom is -0.443 e. The molecule has 0 heterocycles. The molecule has 0 atom stereocenters. The van der Waals surface area contributed by atoms with Gasteiger partial charge >= 0.3 is 6.09 Å². The first-order chi connectivity index (χ1) is 8.42. The molecule has 1 amide bonds. The van der Waals surface area contributed by atoms with Gasteiger partial charge in [-0.15, -0.1) is 0 Å². The second-order valence-electron chi connectivity index (χ2n) is 4.88. The van der Waals surface area contributed by atoms with E-state index in [2.05, 4.69) is 10.9 Å². The normalized spacial score (nSPS) is 10.9. The first kappa shape index (κ1) is 14.3. The van der Waals surface area contributed by atoms with Crippen LogP contribution in [0, 0.1) is 0 Å². The van der Waals surface area contributed by atoms with Crippen molar-refractivity contribution in [1.82, 2.24) is 5.43 Å². The molecule has 18 heavy (non-hydrogen) atoms. The van der Waals surface area contributed by atoms with Crippen molar-refractivity contribution in [2.24, 2.45) is 0 Å². The largest absolute Gasteiger partial charge is 0.443 e. The average Bonchev–Trinajstić information content (AvgIpc) is 2.26. The molecule has 1 rings (SSSR count). The number of hydrogen-bond donors (Lipinski definition) is 3. The number of carbonyl (C=O) groups is 1. The summed E-state index contributed by atoms with van der Waals surface area (Å²) in [5, 5.41) is 8.93.